The SMILES string of the molecule is CC[C@](C)(NCC(=O)Nc1cc(C(=O)OC)cc(C(=O)OC)c1)C(F)(F)F. The Morgan fingerprint density at radius 3 is 1.85 bits per heavy atom. The predicted molar refractivity (Wildman–Crippen MR) is 90.5 cm³/mol. The smallest absolute Gasteiger partial charge is 0.406 e. The lowest BCUT2D eigenvalue weighted by molar-refractivity contribution is -0.192. The van der Waals surface area contributed by atoms with Gasteiger partial charge in [0, 0.05) is 5.69 Å². The molecule has 1 aromatic rings. The molecular weight excluding hydrogens is 369 g/mol. The summed E-state index contributed by atoms with van der Waals surface area (Å²) in [6.07, 6.45) is -4.81. The van der Waals surface area contributed by atoms with Crippen molar-refractivity contribution in [1.29, 1.82) is 0 Å². The number of halogens is 3. The van der Waals surface area contributed by atoms with Crippen molar-refractivity contribution in [3.63, 3.8) is 0 Å². The Morgan fingerprint density at radius 1 is 1.00 bits per heavy atom. The Kier molecular flexibility index (Phi) is 7.35. The summed E-state index contributed by atoms with van der Waals surface area (Å²) in [6.45, 7) is 1.67. The third-order valence-corrected chi connectivity index (χ3v) is 4.03. The largest absolute Gasteiger partial charge is 0.465 e. The third-order valence-electron chi connectivity index (χ3n) is 4.03. The van der Waals surface area contributed by atoms with E-state index in [4.69, 9.17) is 0 Å². The number of alkyl halides is 3. The van der Waals surface area contributed by atoms with Crippen molar-refractivity contribution < 1.29 is 37.0 Å². The fourth-order valence-electron chi connectivity index (χ4n) is 2.08. The van der Waals surface area contributed by atoms with Gasteiger partial charge in [0.1, 0.15) is 5.54 Å². The molecule has 0 aliphatic carbocycles. The number of hydrogen-bond acceptors (Lipinski definition) is 6. The molecule has 0 aliphatic heterocycles. The van der Waals surface area contributed by atoms with Gasteiger partial charge in [0.15, 0.2) is 0 Å². The number of rotatable bonds is 7. The Balaban J connectivity index is 2.98. The first-order valence-corrected chi connectivity index (χ1v) is 7.90. The van der Waals surface area contributed by atoms with E-state index in [1.54, 1.807) is 0 Å². The van der Waals surface area contributed by atoms with E-state index in [-0.39, 0.29) is 23.2 Å². The average Bonchev–Trinajstić information content (AvgIpc) is 2.63. The van der Waals surface area contributed by atoms with E-state index in [1.807, 2.05) is 0 Å². The highest BCUT2D eigenvalue weighted by Gasteiger charge is 2.49. The van der Waals surface area contributed by atoms with Crippen molar-refractivity contribution in [2.24, 2.45) is 0 Å². The molecule has 1 amide bonds. The van der Waals surface area contributed by atoms with Crippen LogP contribution in [-0.2, 0) is 14.3 Å². The summed E-state index contributed by atoms with van der Waals surface area (Å²) in [5.74, 6) is -2.30. The molecule has 0 saturated carbocycles. The minimum Gasteiger partial charge on any atom is -0.465 e. The molecule has 1 rings (SSSR count). The molecule has 27 heavy (non-hydrogen) atoms. The van der Waals surface area contributed by atoms with Gasteiger partial charge in [-0.25, -0.2) is 9.59 Å². The van der Waals surface area contributed by atoms with Crippen LogP contribution in [0, 0.1) is 0 Å². The molecule has 0 aromatic heterocycles. The van der Waals surface area contributed by atoms with Crippen LogP contribution in [0.5, 0.6) is 0 Å². The van der Waals surface area contributed by atoms with Gasteiger partial charge >= 0.3 is 18.1 Å². The predicted octanol–water partition coefficient (Wildman–Crippen LogP) is 2.52. The summed E-state index contributed by atoms with van der Waals surface area (Å²) in [5, 5.41) is 4.53. The summed E-state index contributed by atoms with van der Waals surface area (Å²) in [6, 6.07) is 3.68. The van der Waals surface area contributed by atoms with Crippen molar-refractivity contribution in [2.45, 2.75) is 32.0 Å². The third kappa shape index (κ3) is 5.68. The maximum Gasteiger partial charge on any atom is 0.406 e. The van der Waals surface area contributed by atoms with Gasteiger partial charge in [0.25, 0.3) is 0 Å². The van der Waals surface area contributed by atoms with Crippen LogP contribution in [0.4, 0.5) is 18.9 Å². The fraction of sp³-hybridized carbons (Fsp3) is 0.471. The molecule has 0 saturated heterocycles. The zero-order valence-electron chi connectivity index (χ0n) is 15.3. The van der Waals surface area contributed by atoms with Gasteiger partial charge in [-0.1, -0.05) is 6.92 Å². The van der Waals surface area contributed by atoms with E-state index in [2.05, 4.69) is 20.1 Å². The second kappa shape index (κ2) is 8.85. The molecule has 0 heterocycles. The molecule has 0 bridgehead atoms. The number of carbonyl (C=O) groups is 3. The molecule has 2 N–H and O–H groups in total. The van der Waals surface area contributed by atoms with Gasteiger partial charge in [-0.15, -0.1) is 0 Å². The van der Waals surface area contributed by atoms with Crippen LogP contribution >= 0.6 is 0 Å². The maximum atomic E-state index is 13.0. The summed E-state index contributed by atoms with van der Waals surface area (Å²) in [7, 11) is 2.27. The molecule has 0 unspecified atom stereocenters. The molecule has 0 spiro atoms. The second-order valence-electron chi connectivity index (χ2n) is 5.87. The summed E-state index contributed by atoms with van der Waals surface area (Å²) in [4.78, 5) is 35.4. The molecule has 0 aliphatic rings. The van der Waals surface area contributed by atoms with Crippen LogP contribution in [0.15, 0.2) is 18.2 Å². The normalized spacial score (nSPS) is 13.4. The lowest BCUT2D eigenvalue weighted by Crippen LogP contribution is -2.55. The highest BCUT2D eigenvalue weighted by Crippen LogP contribution is 2.32. The molecular formula is C17H21F3N2O5. The number of benzene rings is 1. The Morgan fingerprint density at radius 2 is 1.48 bits per heavy atom. The van der Waals surface area contributed by atoms with Crippen LogP contribution in [0.3, 0.4) is 0 Å². The summed E-state index contributed by atoms with van der Waals surface area (Å²) < 4.78 is 48.3. The molecule has 1 aromatic carbocycles. The van der Waals surface area contributed by atoms with Gasteiger partial charge < -0.3 is 14.8 Å². The molecule has 7 nitrogen and oxygen atoms in total. The van der Waals surface area contributed by atoms with Crippen molar-refractivity contribution in [3.8, 4) is 0 Å². The highest BCUT2D eigenvalue weighted by atomic mass is 19.4. The van der Waals surface area contributed by atoms with Crippen LogP contribution in [0.2, 0.25) is 0 Å². The van der Waals surface area contributed by atoms with E-state index in [0.717, 1.165) is 21.1 Å². The van der Waals surface area contributed by atoms with Gasteiger partial charge in [-0.05, 0) is 31.5 Å². The molecule has 1 atom stereocenters. The van der Waals surface area contributed by atoms with Crippen molar-refractivity contribution in [2.75, 3.05) is 26.1 Å². The second-order valence-corrected chi connectivity index (χ2v) is 5.87. The van der Waals surface area contributed by atoms with E-state index in [9.17, 15) is 27.6 Å². The van der Waals surface area contributed by atoms with Crippen molar-refractivity contribution in [3.05, 3.63) is 29.3 Å². The van der Waals surface area contributed by atoms with E-state index < -0.39 is 36.1 Å². The van der Waals surface area contributed by atoms with Crippen molar-refractivity contribution in [1.82, 2.24) is 5.32 Å². The zero-order chi connectivity index (χ0) is 20.8. The topological polar surface area (TPSA) is 93.7 Å². The van der Waals surface area contributed by atoms with E-state index in [0.29, 0.717) is 0 Å². The fourth-order valence-corrected chi connectivity index (χ4v) is 2.08. The van der Waals surface area contributed by atoms with Gasteiger partial charge in [-0.3, -0.25) is 10.1 Å². The molecule has 150 valence electrons. The minimum atomic E-state index is -4.54. The maximum absolute atomic E-state index is 13.0. The van der Waals surface area contributed by atoms with Gasteiger partial charge in [-0.2, -0.15) is 13.2 Å². The lowest BCUT2D eigenvalue weighted by atomic mass is 9.98. The molecule has 0 radical (unpaired) electrons. The number of nitrogens with one attached hydrogen (secondary N) is 2. The van der Waals surface area contributed by atoms with Crippen LogP contribution < -0.4 is 10.6 Å². The van der Waals surface area contributed by atoms with Crippen molar-refractivity contribution >= 4 is 23.5 Å². The quantitative estimate of drug-likeness (QED) is 0.695. The molecule has 10 heteroatoms. The first-order valence-electron chi connectivity index (χ1n) is 7.90. The number of amides is 1. The van der Waals surface area contributed by atoms with Crippen LogP contribution in [0.25, 0.3) is 0 Å². The number of ether oxygens (including phenoxy) is 2. The number of esters is 2. The number of methoxy groups -OCH3 is 2. The van der Waals surface area contributed by atoms with E-state index in [1.165, 1.54) is 25.1 Å². The summed E-state index contributed by atoms with van der Waals surface area (Å²) >= 11 is 0. The Bertz CT molecular complexity index is 687. The number of anilines is 1. The lowest BCUT2D eigenvalue weighted by Gasteiger charge is -2.31. The minimum absolute atomic E-state index is 0.0302. The number of hydrogen-bond donors (Lipinski definition) is 2. The summed E-state index contributed by atoms with van der Waals surface area (Å²) in [5.41, 5.74) is -2.25. The first-order chi connectivity index (χ1) is 12.5. The average molecular weight is 390 g/mol. The standard InChI is InChI=1S/C17H21F3N2O5/c1-5-16(2,17(18,19)20)21-9-13(23)22-12-7-10(14(24)26-3)6-11(8-12)15(25)27-4/h6-8,21H,5,9H2,1-4H3,(H,22,23)/t16-/m0/s1. The Hall–Kier alpha value is -2.62. The number of carbonyl (C=O) groups excluding carboxylic acids is 3. The van der Waals surface area contributed by atoms with E-state index >= 15 is 0 Å². The monoisotopic (exact) mass is 390 g/mol. The van der Waals surface area contributed by atoms with Gasteiger partial charge in [0.2, 0.25) is 5.91 Å². The molecule has 0 fully saturated rings. The highest BCUT2D eigenvalue weighted by molar-refractivity contribution is 5.99. The van der Waals surface area contributed by atoms with Gasteiger partial charge in [0.05, 0.1) is 31.9 Å². The first kappa shape index (κ1) is 22.4. The van der Waals surface area contributed by atoms with Crippen LogP contribution in [-0.4, -0.2) is 50.3 Å². The van der Waals surface area contributed by atoms with Crippen LogP contribution in [0.1, 0.15) is 41.0 Å². The zero-order valence-corrected chi connectivity index (χ0v) is 15.3. The Labute approximate surface area is 154 Å².